The first-order valence-electron chi connectivity index (χ1n) is 6.58. The summed E-state index contributed by atoms with van der Waals surface area (Å²) in [6.45, 7) is 5.70. The van der Waals surface area contributed by atoms with E-state index in [4.69, 9.17) is 5.73 Å². The van der Waals surface area contributed by atoms with Gasteiger partial charge in [-0.1, -0.05) is 30.7 Å². The van der Waals surface area contributed by atoms with Crippen molar-refractivity contribution >= 4 is 0 Å². The molecule has 0 saturated carbocycles. The van der Waals surface area contributed by atoms with E-state index in [0.717, 1.165) is 6.42 Å². The normalized spacial score (nSPS) is 36.7. The van der Waals surface area contributed by atoms with Gasteiger partial charge >= 0.3 is 0 Å². The topological polar surface area (TPSA) is 29.3 Å². The molecular formula is C15H22N2. The first kappa shape index (κ1) is 11.2. The average Bonchev–Trinajstić information content (AvgIpc) is 2.30. The number of likely N-dealkylation sites (N-methyl/N-ethyl adjacent to an activating group) is 1. The summed E-state index contributed by atoms with van der Waals surface area (Å²) < 4.78 is 0. The van der Waals surface area contributed by atoms with Gasteiger partial charge in [0.2, 0.25) is 0 Å². The maximum atomic E-state index is 6.53. The van der Waals surface area contributed by atoms with Crippen LogP contribution < -0.4 is 5.73 Å². The van der Waals surface area contributed by atoms with E-state index in [-0.39, 0.29) is 11.5 Å². The van der Waals surface area contributed by atoms with Crippen LogP contribution in [0.4, 0.5) is 0 Å². The van der Waals surface area contributed by atoms with Gasteiger partial charge in [0.15, 0.2) is 0 Å². The van der Waals surface area contributed by atoms with Crippen molar-refractivity contribution in [2.45, 2.75) is 44.2 Å². The van der Waals surface area contributed by atoms with Crippen molar-refractivity contribution in [2.24, 2.45) is 5.73 Å². The van der Waals surface area contributed by atoms with Crippen molar-refractivity contribution in [1.29, 1.82) is 0 Å². The molecule has 17 heavy (non-hydrogen) atoms. The molecule has 0 radical (unpaired) electrons. The van der Waals surface area contributed by atoms with Crippen LogP contribution in [0.2, 0.25) is 0 Å². The maximum absolute atomic E-state index is 6.53. The number of rotatable bonds is 0. The van der Waals surface area contributed by atoms with Crippen molar-refractivity contribution in [3.63, 3.8) is 0 Å². The zero-order valence-corrected chi connectivity index (χ0v) is 11.0. The molecule has 0 spiro atoms. The number of fused-ring (bicyclic) bond motifs is 4. The molecule has 2 nitrogen and oxygen atoms in total. The van der Waals surface area contributed by atoms with Crippen molar-refractivity contribution in [2.75, 3.05) is 13.6 Å². The van der Waals surface area contributed by atoms with E-state index >= 15 is 0 Å². The molecule has 2 N–H and O–H groups in total. The fraction of sp³-hybridized carbons (Fsp3) is 0.600. The molecule has 2 heteroatoms. The highest BCUT2D eigenvalue weighted by molar-refractivity contribution is 5.43. The van der Waals surface area contributed by atoms with Gasteiger partial charge in [0, 0.05) is 17.5 Å². The van der Waals surface area contributed by atoms with Gasteiger partial charge in [0.25, 0.3) is 0 Å². The van der Waals surface area contributed by atoms with Crippen molar-refractivity contribution in [1.82, 2.24) is 4.90 Å². The highest BCUT2D eigenvalue weighted by Gasteiger charge is 2.47. The minimum absolute atomic E-state index is 0.177. The van der Waals surface area contributed by atoms with Crippen LogP contribution in [-0.2, 0) is 11.8 Å². The first-order valence-corrected chi connectivity index (χ1v) is 6.58. The maximum Gasteiger partial charge on any atom is 0.0296 e. The molecule has 1 aliphatic heterocycles. The molecule has 1 saturated heterocycles. The minimum Gasteiger partial charge on any atom is -0.326 e. The Balaban J connectivity index is 2.16. The van der Waals surface area contributed by atoms with Crippen molar-refractivity contribution < 1.29 is 0 Å². The molecule has 0 unspecified atom stereocenters. The summed E-state index contributed by atoms with van der Waals surface area (Å²) >= 11 is 0. The van der Waals surface area contributed by atoms with Gasteiger partial charge in [-0.3, -0.25) is 0 Å². The van der Waals surface area contributed by atoms with Crippen LogP contribution in [-0.4, -0.2) is 30.6 Å². The Morgan fingerprint density at radius 3 is 2.94 bits per heavy atom. The van der Waals surface area contributed by atoms with Gasteiger partial charge in [0.05, 0.1) is 0 Å². The van der Waals surface area contributed by atoms with Gasteiger partial charge in [-0.2, -0.15) is 0 Å². The monoisotopic (exact) mass is 230 g/mol. The Bertz CT molecular complexity index is 454. The SMILES string of the molecule is Cc1ccc2c(c1)[C@@]1(C)CCN(C)[C@H](C2)[C@H]1N. The number of benzene rings is 1. The van der Waals surface area contributed by atoms with Crippen LogP contribution in [0.1, 0.15) is 30.0 Å². The van der Waals surface area contributed by atoms with Gasteiger partial charge in [-0.25, -0.2) is 0 Å². The predicted molar refractivity (Wildman–Crippen MR) is 71.2 cm³/mol. The summed E-state index contributed by atoms with van der Waals surface area (Å²) in [5, 5.41) is 0. The molecule has 1 aliphatic carbocycles. The van der Waals surface area contributed by atoms with Crippen LogP contribution in [0.5, 0.6) is 0 Å². The number of nitrogens with zero attached hydrogens (tertiary/aromatic N) is 1. The molecule has 1 heterocycles. The lowest BCUT2D eigenvalue weighted by Gasteiger charge is -2.53. The van der Waals surface area contributed by atoms with E-state index in [0.29, 0.717) is 6.04 Å². The molecule has 3 rings (SSSR count). The summed E-state index contributed by atoms with van der Waals surface area (Å²) in [5.74, 6) is 0. The van der Waals surface area contributed by atoms with E-state index in [1.165, 1.54) is 29.7 Å². The Kier molecular flexibility index (Phi) is 2.36. The van der Waals surface area contributed by atoms with Crippen LogP contribution >= 0.6 is 0 Å². The third kappa shape index (κ3) is 1.47. The second-order valence-electron chi connectivity index (χ2n) is 6.11. The van der Waals surface area contributed by atoms with E-state index < -0.39 is 0 Å². The Morgan fingerprint density at radius 2 is 2.18 bits per heavy atom. The third-order valence-corrected chi connectivity index (χ3v) is 5.01. The number of hydrogen-bond acceptors (Lipinski definition) is 2. The lowest BCUT2D eigenvalue weighted by atomic mass is 9.62. The molecule has 1 fully saturated rings. The van der Waals surface area contributed by atoms with E-state index in [9.17, 15) is 0 Å². The van der Waals surface area contributed by atoms with Crippen LogP contribution in [0.15, 0.2) is 18.2 Å². The minimum atomic E-state index is 0.177. The van der Waals surface area contributed by atoms with Gasteiger partial charge in [-0.05, 0) is 44.5 Å². The fourth-order valence-corrected chi connectivity index (χ4v) is 3.66. The zero-order chi connectivity index (χ0) is 12.2. The van der Waals surface area contributed by atoms with Crippen molar-refractivity contribution in [3.8, 4) is 0 Å². The molecule has 1 aromatic rings. The molecule has 1 aromatic carbocycles. The fourth-order valence-electron chi connectivity index (χ4n) is 3.66. The van der Waals surface area contributed by atoms with Crippen molar-refractivity contribution in [3.05, 3.63) is 34.9 Å². The Hall–Kier alpha value is -0.860. The molecule has 92 valence electrons. The zero-order valence-electron chi connectivity index (χ0n) is 11.0. The summed E-state index contributed by atoms with van der Waals surface area (Å²) in [4.78, 5) is 2.44. The Morgan fingerprint density at radius 1 is 1.41 bits per heavy atom. The summed E-state index contributed by atoms with van der Waals surface area (Å²) in [7, 11) is 2.21. The Labute approximate surface area is 104 Å². The summed E-state index contributed by atoms with van der Waals surface area (Å²) in [5.41, 5.74) is 11.1. The van der Waals surface area contributed by atoms with Gasteiger partial charge in [-0.15, -0.1) is 0 Å². The standard InChI is InChI=1S/C15H22N2/c1-10-4-5-11-9-13-14(16)15(2,12(11)8-10)6-7-17(13)3/h4-5,8,13-14H,6-7,9,16H2,1-3H3/t13-,14-,15-/m1/s1. The van der Waals surface area contributed by atoms with Crippen LogP contribution in [0, 0.1) is 6.92 Å². The molecule has 0 aromatic heterocycles. The van der Waals surface area contributed by atoms with Crippen LogP contribution in [0.25, 0.3) is 0 Å². The summed E-state index contributed by atoms with van der Waals surface area (Å²) in [6.07, 6.45) is 2.29. The van der Waals surface area contributed by atoms with E-state index in [2.05, 4.69) is 44.0 Å². The van der Waals surface area contributed by atoms with Gasteiger partial charge in [0.1, 0.15) is 0 Å². The number of aryl methyl sites for hydroxylation is 1. The third-order valence-electron chi connectivity index (χ3n) is 5.01. The lowest BCUT2D eigenvalue weighted by Crippen LogP contribution is -2.64. The molecule has 2 bridgehead atoms. The second kappa shape index (κ2) is 3.56. The largest absolute Gasteiger partial charge is 0.326 e. The van der Waals surface area contributed by atoms with E-state index in [1.807, 2.05) is 0 Å². The number of piperidine rings is 1. The highest BCUT2D eigenvalue weighted by atomic mass is 15.2. The highest BCUT2D eigenvalue weighted by Crippen LogP contribution is 2.43. The number of hydrogen-bond donors (Lipinski definition) is 1. The quantitative estimate of drug-likeness (QED) is 0.737. The smallest absolute Gasteiger partial charge is 0.0296 e. The number of likely N-dealkylation sites (tertiary alicyclic amines) is 1. The second-order valence-corrected chi connectivity index (χ2v) is 6.11. The molecule has 3 atom stereocenters. The first-order chi connectivity index (χ1) is 8.02. The molecule has 0 amide bonds. The van der Waals surface area contributed by atoms with E-state index in [1.54, 1.807) is 0 Å². The van der Waals surface area contributed by atoms with Crippen LogP contribution in [0.3, 0.4) is 0 Å². The molecular weight excluding hydrogens is 208 g/mol. The number of nitrogens with two attached hydrogens (primary N) is 1. The van der Waals surface area contributed by atoms with Gasteiger partial charge < -0.3 is 10.6 Å². The summed E-state index contributed by atoms with van der Waals surface area (Å²) in [6, 6.07) is 7.69. The predicted octanol–water partition coefficient (Wildman–Crippen LogP) is 1.84. The lowest BCUT2D eigenvalue weighted by molar-refractivity contribution is 0.0862. The molecule has 2 aliphatic rings. The average molecular weight is 230 g/mol.